The van der Waals surface area contributed by atoms with Gasteiger partial charge in [-0.1, -0.05) is 30.3 Å². The van der Waals surface area contributed by atoms with E-state index in [0.717, 1.165) is 12.7 Å². The Morgan fingerprint density at radius 3 is 1.80 bits per heavy atom. The van der Waals surface area contributed by atoms with Crippen LogP contribution in [0, 0.1) is 7.14 Å². The normalized spacial score (nSPS) is 13.8. The Bertz CT molecular complexity index is 672. The number of halogens is 2. The summed E-state index contributed by atoms with van der Waals surface area (Å²) in [5, 5.41) is 0. The fourth-order valence-electron chi connectivity index (χ4n) is 2.24. The molecule has 1 aliphatic heterocycles. The second-order valence-corrected chi connectivity index (χ2v) is 6.79. The lowest BCUT2D eigenvalue weighted by Gasteiger charge is -2.13. The van der Waals surface area contributed by atoms with E-state index in [9.17, 15) is 9.59 Å². The van der Waals surface area contributed by atoms with Crippen LogP contribution in [0.15, 0.2) is 42.5 Å². The van der Waals surface area contributed by atoms with Crippen molar-refractivity contribution >= 4 is 57.0 Å². The second-order valence-electron chi connectivity index (χ2n) is 4.46. The number of carbonyl (C=O) groups is 2. The van der Waals surface area contributed by atoms with Crippen LogP contribution >= 0.6 is 45.2 Å². The zero-order chi connectivity index (χ0) is 14.3. The molecule has 0 fully saturated rings. The molecule has 0 radical (unpaired) electrons. The van der Waals surface area contributed by atoms with Crippen LogP contribution in [0.1, 0.15) is 26.3 Å². The quantitative estimate of drug-likeness (QED) is 0.477. The molecule has 2 aromatic carbocycles. The van der Waals surface area contributed by atoms with Crippen molar-refractivity contribution in [1.29, 1.82) is 0 Å². The summed E-state index contributed by atoms with van der Waals surface area (Å²) in [4.78, 5) is 26.3. The van der Waals surface area contributed by atoms with Crippen molar-refractivity contribution in [3.05, 3.63) is 66.3 Å². The number of imide groups is 1. The Hall–Kier alpha value is -0.960. The van der Waals surface area contributed by atoms with Gasteiger partial charge in [0.25, 0.3) is 11.8 Å². The third-order valence-corrected chi connectivity index (χ3v) is 5.00. The lowest BCUT2D eigenvalue weighted by molar-refractivity contribution is 0.0641. The van der Waals surface area contributed by atoms with Crippen LogP contribution in [-0.4, -0.2) is 16.7 Å². The van der Waals surface area contributed by atoms with Crippen LogP contribution in [0.3, 0.4) is 0 Å². The minimum Gasteiger partial charge on any atom is -0.270 e. The molecule has 100 valence electrons. The van der Waals surface area contributed by atoms with Crippen molar-refractivity contribution < 1.29 is 9.59 Å². The molecule has 0 saturated heterocycles. The van der Waals surface area contributed by atoms with Gasteiger partial charge in [0, 0.05) is 7.14 Å². The Kier molecular flexibility index (Phi) is 3.80. The molecule has 3 rings (SSSR count). The lowest BCUT2D eigenvalue weighted by Crippen LogP contribution is -2.29. The van der Waals surface area contributed by atoms with Crippen LogP contribution in [0.2, 0.25) is 0 Å². The first-order valence-electron chi connectivity index (χ1n) is 5.97. The van der Waals surface area contributed by atoms with Gasteiger partial charge in [0.15, 0.2) is 0 Å². The van der Waals surface area contributed by atoms with Crippen molar-refractivity contribution in [2.75, 3.05) is 0 Å². The Morgan fingerprint density at radius 1 is 0.800 bits per heavy atom. The predicted octanol–water partition coefficient (Wildman–Crippen LogP) is 3.69. The molecule has 2 aromatic rings. The number of fused-ring (bicyclic) bond motifs is 1. The van der Waals surface area contributed by atoms with Gasteiger partial charge in [0.05, 0.1) is 17.7 Å². The Labute approximate surface area is 143 Å². The summed E-state index contributed by atoms with van der Waals surface area (Å²) in [5.74, 6) is -0.395. The minimum absolute atomic E-state index is 0.197. The zero-order valence-electron chi connectivity index (χ0n) is 10.3. The van der Waals surface area contributed by atoms with E-state index in [2.05, 4.69) is 45.2 Å². The van der Waals surface area contributed by atoms with Gasteiger partial charge in [-0.2, -0.15) is 0 Å². The van der Waals surface area contributed by atoms with Crippen LogP contribution < -0.4 is 0 Å². The predicted molar refractivity (Wildman–Crippen MR) is 92.5 cm³/mol. The topological polar surface area (TPSA) is 37.4 Å². The minimum atomic E-state index is -0.197. The van der Waals surface area contributed by atoms with Gasteiger partial charge in [-0.25, -0.2) is 0 Å². The van der Waals surface area contributed by atoms with Crippen molar-refractivity contribution in [2.45, 2.75) is 6.54 Å². The SMILES string of the molecule is O=C1c2c(I)ccc(I)c2C(=O)N1Cc1ccccc1. The highest BCUT2D eigenvalue weighted by molar-refractivity contribution is 14.1. The van der Waals surface area contributed by atoms with Gasteiger partial charge in [0.2, 0.25) is 0 Å². The van der Waals surface area contributed by atoms with E-state index in [4.69, 9.17) is 0 Å². The summed E-state index contributed by atoms with van der Waals surface area (Å²) in [6.45, 7) is 0.319. The van der Waals surface area contributed by atoms with Gasteiger partial charge in [-0.3, -0.25) is 14.5 Å². The number of nitrogens with zero attached hydrogens (tertiary/aromatic N) is 1. The highest BCUT2D eigenvalue weighted by atomic mass is 127. The average Bonchev–Trinajstić information content (AvgIpc) is 2.70. The fraction of sp³-hybridized carbons (Fsp3) is 0.0667. The molecule has 0 N–H and O–H groups in total. The number of benzene rings is 2. The summed E-state index contributed by atoms with van der Waals surface area (Å²) in [5.41, 5.74) is 2.03. The number of rotatable bonds is 2. The van der Waals surface area contributed by atoms with Gasteiger partial charge in [-0.15, -0.1) is 0 Å². The molecule has 0 aliphatic carbocycles. The van der Waals surface area contributed by atoms with Crippen LogP contribution in [0.25, 0.3) is 0 Å². The standard InChI is InChI=1S/C15H9I2NO2/c16-10-6-7-11(17)13-12(10)14(19)18(15(13)20)8-9-4-2-1-3-5-9/h1-7H,8H2. The van der Waals surface area contributed by atoms with E-state index < -0.39 is 0 Å². The van der Waals surface area contributed by atoms with E-state index in [1.807, 2.05) is 42.5 Å². The molecular weight excluding hydrogens is 480 g/mol. The molecule has 1 heterocycles. The highest BCUT2D eigenvalue weighted by Gasteiger charge is 2.38. The summed E-state index contributed by atoms with van der Waals surface area (Å²) < 4.78 is 1.65. The molecule has 0 spiro atoms. The first-order valence-corrected chi connectivity index (χ1v) is 8.13. The van der Waals surface area contributed by atoms with Crippen molar-refractivity contribution in [2.24, 2.45) is 0 Å². The Morgan fingerprint density at radius 2 is 1.30 bits per heavy atom. The van der Waals surface area contributed by atoms with Gasteiger partial charge < -0.3 is 0 Å². The molecule has 2 amide bonds. The molecule has 1 aliphatic rings. The molecule has 0 saturated carbocycles. The maximum absolute atomic E-state index is 12.5. The number of amides is 2. The molecule has 0 atom stereocenters. The molecule has 3 nitrogen and oxygen atoms in total. The zero-order valence-corrected chi connectivity index (χ0v) is 14.6. The summed E-state index contributed by atoms with van der Waals surface area (Å²) in [6.07, 6.45) is 0. The second kappa shape index (κ2) is 5.44. The smallest absolute Gasteiger partial charge is 0.262 e. The average molecular weight is 489 g/mol. The van der Waals surface area contributed by atoms with Crippen LogP contribution in [0.5, 0.6) is 0 Å². The van der Waals surface area contributed by atoms with E-state index in [-0.39, 0.29) is 11.8 Å². The summed E-state index contributed by atoms with van der Waals surface area (Å²) in [6, 6.07) is 13.3. The van der Waals surface area contributed by atoms with Gasteiger partial charge >= 0.3 is 0 Å². The first-order chi connectivity index (χ1) is 9.59. The molecule has 5 heteroatoms. The van der Waals surface area contributed by atoms with E-state index in [0.29, 0.717) is 17.7 Å². The fourth-order valence-corrected chi connectivity index (χ4v) is 3.60. The maximum atomic E-state index is 12.5. The number of carbonyl (C=O) groups excluding carboxylic acids is 2. The van der Waals surface area contributed by atoms with Crippen molar-refractivity contribution in [3.8, 4) is 0 Å². The van der Waals surface area contributed by atoms with E-state index in [1.54, 1.807) is 0 Å². The molecule has 0 bridgehead atoms. The largest absolute Gasteiger partial charge is 0.270 e. The third kappa shape index (κ3) is 2.26. The highest BCUT2D eigenvalue weighted by Crippen LogP contribution is 2.31. The molecule has 20 heavy (non-hydrogen) atoms. The number of hydrogen-bond acceptors (Lipinski definition) is 2. The van der Waals surface area contributed by atoms with Crippen LogP contribution in [-0.2, 0) is 6.54 Å². The first kappa shape index (κ1) is 14.0. The third-order valence-electron chi connectivity index (χ3n) is 3.21. The molecule has 0 unspecified atom stereocenters. The van der Waals surface area contributed by atoms with Crippen molar-refractivity contribution in [1.82, 2.24) is 4.90 Å². The Balaban J connectivity index is 2.02. The monoisotopic (exact) mass is 489 g/mol. The van der Waals surface area contributed by atoms with Gasteiger partial charge in [0.1, 0.15) is 0 Å². The van der Waals surface area contributed by atoms with Crippen molar-refractivity contribution in [3.63, 3.8) is 0 Å². The number of hydrogen-bond donors (Lipinski definition) is 0. The van der Waals surface area contributed by atoms with Crippen LogP contribution in [0.4, 0.5) is 0 Å². The molecular formula is C15H9I2NO2. The summed E-state index contributed by atoms with van der Waals surface area (Å²) in [7, 11) is 0. The van der Waals surface area contributed by atoms with Gasteiger partial charge in [-0.05, 0) is 62.9 Å². The summed E-state index contributed by atoms with van der Waals surface area (Å²) >= 11 is 4.21. The van der Waals surface area contributed by atoms with E-state index in [1.165, 1.54) is 4.90 Å². The lowest BCUT2D eigenvalue weighted by atomic mass is 10.1. The molecule has 0 aromatic heterocycles. The van der Waals surface area contributed by atoms with E-state index >= 15 is 0 Å². The maximum Gasteiger partial charge on any atom is 0.262 e.